The fraction of sp³-hybridized carbons (Fsp3) is 0. The van der Waals surface area contributed by atoms with E-state index in [1.165, 1.54) is 0 Å². The maximum atomic E-state index is 10.9. The average Bonchev–Trinajstić information content (AvgIpc) is 2.87. The standard InChI is InChI=1S/C30H17Cl3O3/c31-26-9-10-27(35)22-5-2-16(12-24(22)26)20-7-8-23-25(30(20)33)13-17(14-28(23)36)21-4-1-15-11-18(34)3-6-19(15)29(21)32/h1-14,34-36H. The van der Waals surface area contributed by atoms with Crippen molar-refractivity contribution in [2.75, 3.05) is 0 Å². The van der Waals surface area contributed by atoms with Gasteiger partial charge in [-0.15, -0.1) is 0 Å². The summed E-state index contributed by atoms with van der Waals surface area (Å²) in [7, 11) is 0. The van der Waals surface area contributed by atoms with Crippen molar-refractivity contribution in [2.45, 2.75) is 0 Å². The molecule has 0 radical (unpaired) electrons. The molecular weight excluding hydrogens is 515 g/mol. The van der Waals surface area contributed by atoms with Crippen molar-refractivity contribution < 1.29 is 15.3 Å². The number of fused-ring (bicyclic) bond motifs is 3. The van der Waals surface area contributed by atoms with Crippen LogP contribution in [0.2, 0.25) is 15.1 Å². The van der Waals surface area contributed by atoms with Crippen LogP contribution in [0, 0.1) is 0 Å². The molecule has 36 heavy (non-hydrogen) atoms. The molecule has 6 heteroatoms. The number of aromatic hydroxyl groups is 3. The van der Waals surface area contributed by atoms with Crippen molar-refractivity contribution in [1.82, 2.24) is 0 Å². The molecule has 0 aliphatic rings. The normalized spacial score (nSPS) is 11.5. The van der Waals surface area contributed by atoms with Gasteiger partial charge in [-0.3, -0.25) is 0 Å². The van der Waals surface area contributed by atoms with Gasteiger partial charge < -0.3 is 15.3 Å². The molecule has 0 fully saturated rings. The molecule has 0 aromatic heterocycles. The first-order valence-corrected chi connectivity index (χ1v) is 12.2. The fourth-order valence-electron chi connectivity index (χ4n) is 4.72. The Kier molecular flexibility index (Phi) is 5.38. The van der Waals surface area contributed by atoms with Gasteiger partial charge in [0.1, 0.15) is 17.2 Å². The van der Waals surface area contributed by atoms with Crippen molar-refractivity contribution in [1.29, 1.82) is 0 Å². The summed E-state index contributed by atoms with van der Waals surface area (Å²) in [6.45, 7) is 0. The van der Waals surface area contributed by atoms with Crippen LogP contribution in [-0.2, 0) is 0 Å². The number of halogens is 3. The van der Waals surface area contributed by atoms with E-state index in [-0.39, 0.29) is 17.2 Å². The SMILES string of the molecule is Oc1ccc2c(Cl)c(-c3cc(O)c4ccc(-c5ccc6c(O)ccc(Cl)c6c5)c(Cl)c4c3)ccc2c1. The Hall–Kier alpha value is -3.63. The van der Waals surface area contributed by atoms with Crippen molar-refractivity contribution in [2.24, 2.45) is 0 Å². The van der Waals surface area contributed by atoms with Crippen molar-refractivity contribution in [3.8, 4) is 39.5 Å². The van der Waals surface area contributed by atoms with E-state index < -0.39 is 0 Å². The highest BCUT2D eigenvalue weighted by molar-refractivity contribution is 6.40. The molecule has 3 N–H and O–H groups in total. The molecule has 6 rings (SSSR count). The lowest BCUT2D eigenvalue weighted by Crippen LogP contribution is -1.87. The lowest BCUT2D eigenvalue weighted by atomic mass is 9.94. The molecule has 0 unspecified atom stereocenters. The van der Waals surface area contributed by atoms with Crippen LogP contribution in [0.4, 0.5) is 0 Å². The predicted octanol–water partition coefficient (Wildman–Crippen LogP) is 9.56. The second-order valence-corrected chi connectivity index (χ2v) is 9.84. The summed E-state index contributed by atoms with van der Waals surface area (Å²) < 4.78 is 0. The molecule has 3 nitrogen and oxygen atoms in total. The zero-order valence-electron chi connectivity index (χ0n) is 18.6. The van der Waals surface area contributed by atoms with Crippen molar-refractivity contribution >= 4 is 67.1 Å². The Labute approximate surface area is 221 Å². The van der Waals surface area contributed by atoms with Gasteiger partial charge in [0, 0.05) is 43.1 Å². The van der Waals surface area contributed by atoms with Gasteiger partial charge in [-0.1, -0.05) is 59.1 Å². The number of hydrogen-bond acceptors (Lipinski definition) is 3. The quantitative estimate of drug-likeness (QED) is 0.208. The van der Waals surface area contributed by atoms with E-state index in [9.17, 15) is 15.3 Å². The maximum absolute atomic E-state index is 10.9. The predicted molar refractivity (Wildman–Crippen MR) is 150 cm³/mol. The zero-order chi connectivity index (χ0) is 25.1. The molecule has 0 saturated carbocycles. The highest BCUT2D eigenvalue weighted by atomic mass is 35.5. The van der Waals surface area contributed by atoms with Gasteiger partial charge in [-0.2, -0.15) is 0 Å². The van der Waals surface area contributed by atoms with Crippen LogP contribution in [0.3, 0.4) is 0 Å². The average molecular weight is 532 g/mol. The zero-order valence-corrected chi connectivity index (χ0v) is 20.8. The Morgan fingerprint density at radius 2 is 1.08 bits per heavy atom. The fourth-order valence-corrected chi connectivity index (χ4v) is 5.62. The summed E-state index contributed by atoms with van der Waals surface area (Å²) in [5.74, 6) is 0.408. The second kappa shape index (κ2) is 8.49. The number of rotatable bonds is 2. The molecule has 176 valence electrons. The summed E-state index contributed by atoms with van der Waals surface area (Å²) >= 11 is 20.1. The van der Waals surface area contributed by atoms with Gasteiger partial charge in [-0.25, -0.2) is 0 Å². The molecule has 0 aliphatic carbocycles. The molecule has 0 amide bonds. The van der Waals surface area contributed by atoms with Gasteiger partial charge in [-0.05, 0) is 77.2 Å². The number of benzene rings is 6. The van der Waals surface area contributed by atoms with Crippen LogP contribution < -0.4 is 0 Å². The Bertz CT molecular complexity index is 1860. The summed E-state index contributed by atoms with van der Waals surface area (Å²) in [4.78, 5) is 0. The van der Waals surface area contributed by atoms with E-state index >= 15 is 0 Å². The topological polar surface area (TPSA) is 60.7 Å². The monoisotopic (exact) mass is 530 g/mol. The van der Waals surface area contributed by atoms with Crippen LogP contribution in [0.25, 0.3) is 54.6 Å². The van der Waals surface area contributed by atoms with Gasteiger partial charge in [0.2, 0.25) is 0 Å². The molecule has 6 aromatic rings. The van der Waals surface area contributed by atoms with Gasteiger partial charge in [0.15, 0.2) is 0 Å². The summed E-state index contributed by atoms with van der Waals surface area (Å²) in [5, 5.41) is 36.6. The number of phenolic OH excluding ortho intramolecular Hbond substituents is 3. The minimum absolute atomic E-state index is 0.0873. The van der Waals surface area contributed by atoms with Gasteiger partial charge >= 0.3 is 0 Å². The van der Waals surface area contributed by atoms with Crippen LogP contribution in [0.5, 0.6) is 17.2 Å². The smallest absolute Gasteiger partial charge is 0.124 e. The first-order valence-electron chi connectivity index (χ1n) is 11.1. The summed E-state index contributed by atoms with van der Waals surface area (Å²) in [5.41, 5.74) is 3.05. The Morgan fingerprint density at radius 3 is 1.92 bits per heavy atom. The van der Waals surface area contributed by atoms with Gasteiger partial charge in [0.05, 0.1) is 10.0 Å². The largest absolute Gasteiger partial charge is 0.508 e. The van der Waals surface area contributed by atoms with Crippen molar-refractivity contribution in [3.63, 3.8) is 0 Å². The molecule has 0 saturated heterocycles. The molecule has 0 spiro atoms. The minimum Gasteiger partial charge on any atom is -0.508 e. The van der Waals surface area contributed by atoms with Crippen LogP contribution in [0.15, 0.2) is 84.9 Å². The molecule has 0 aliphatic heterocycles. The van der Waals surface area contributed by atoms with E-state index in [0.29, 0.717) is 36.8 Å². The molecular formula is C30H17Cl3O3. The third kappa shape index (κ3) is 3.59. The summed E-state index contributed by atoms with van der Waals surface area (Å²) in [6.07, 6.45) is 0. The molecule has 0 atom stereocenters. The third-order valence-electron chi connectivity index (χ3n) is 6.55. The number of phenols is 3. The van der Waals surface area contributed by atoms with Crippen LogP contribution in [-0.4, -0.2) is 15.3 Å². The highest BCUT2D eigenvalue weighted by Crippen LogP contribution is 2.44. The van der Waals surface area contributed by atoms with E-state index in [4.69, 9.17) is 34.8 Å². The Balaban J connectivity index is 1.55. The molecule has 6 aromatic carbocycles. The number of hydrogen-bond donors (Lipinski definition) is 3. The van der Waals surface area contributed by atoms with Crippen molar-refractivity contribution in [3.05, 3.63) is 100.0 Å². The Morgan fingerprint density at radius 1 is 0.444 bits per heavy atom. The maximum Gasteiger partial charge on any atom is 0.124 e. The first-order chi connectivity index (χ1) is 17.3. The van der Waals surface area contributed by atoms with Gasteiger partial charge in [0.25, 0.3) is 0 Å². The molecule has 0 heterocycles. The van der Waals surface area contributed by atoms with E-state index in [1.54, 1.807) is 36.4 Å². The van der Waals surface area contributed by atoms with Crippen LogP contribution >= 0.6 is 34.8 Å². The highest BCUT2D eigenvalue weighted by Gasteiger charge is 2.16. The summed E-state index contributed by atoms with van der Waals surface area (Å²) in [6, 6.07) is 24.8. The minimum atomic E-state index is 0.0873. The van der Waals surface area contributed by atoms with E-state index in [1.807, 2.05) is 48.5 Å². The lowest BCUT2D eigenvalue weighted by molar-refractivity contribution is 0.476. The molecule has 0 bridgehead atoms. The second-order valence-electron chi connectivity index (χ2n) is 8.68. The van der Waals surface area contributed by atoms with E-state index in [2.05, 4.69) is 0 Å². The van der Waals surface area contributed by atoms with Crippen LogP contribution in [0.1, 0.15) is 0 Å². The lowest BCUT2D eigenvalue weighted by Gasteiger charge is -2.14. The first kappa shape index (κ1) is 22.8. The third-order valence-corrected chi connectivity index (χ3v) is 7.69. The van der Waals surface area contributed by atoms with E-state index in [0.717, 1.165) is 32.8 Å².